The Morgan fingerprint density at radius 1 is 1.08 bits per heavy atom. The molecule has 0 N–H and O–H groups in total. The lowest BCUT2D eigenvalue weighted by Crippen LogP contribution is -2.41. The summed E-state index contributed by atoms with van der Waals surface area (Å²) in [5.74, 6) is -0.463. The highest BCUT2D eigenvalue weighted by atomic mass is 16.6. The van der Waals surface area contributed by atoms with Gasteiger partial charge in [0, 0.05) is 19.6 Å². The van der Waals surface area contributed by atoms with Gasteiger partial charge >= 0.3 is 5.97 Å². The molecule has 5 nitrogen and oxygen atoms in total. The molecule has 0 aromatic heterocycles. The van der Waals surface area contributed by atoms with E-state index < -0.39 is 12.1 Å². The largest absolute Gasteiger partial charge is 0.467 e. The summed E-state index contributed by atoms with van der Waals surface area (Å²) in [6, 6.07) is 9.82. The number of ether oxygens (including phenoxy) is 4. The lowest BCUT2D eigenvalue weighted by Gasteiger charge is -2.34. The van der Waals surface area contributed by atoms with Crippen LogP contribution in [0.2, 0.25) is 0 Å². The van der Waals surface area contributed by atoms with Crippen molar-refractivity contribution in [3.05, 3.63) is 35.9 Å². The summed E-state index contributed by atoms with van der Waals surface area (Å²) in [4.78, 5) is 12.2. The summed E-state index contributed by atoms with van der Waals surface area (Å²) in [5.41, 5.74) is 0.991. The predicted molar refractivity (Wildman–Crippen MR) is 93.1 cm³/mol. The molecule has 0 aliphatic rings. The average molecular weight is 338 g/mol. The van der Waals surface area contributed by atoms with Gasteiger partial charge in [0.05, 0.1) is 26.4 Å². The van der Waals surface area contributed by atoms with Gasteiger partial charge in [-0.2, -0.15) is 0 Å². The Morgan fingerprint density at radius 3 is 2.25 bits per heavy atom. The van der Waals surface area contributed by atoms with Crippen LogP contribution in [0.5, 0.6) is 0 Å². The third-order valence-electron chi connectivity index (χ3n) is 3.95. The van der Waals surface area contributed by atoms with Crippen molar-refractivity contribution in [1.82, 2.24) is 0 Å². The fourth-order valence-corrected chi connectivity index (χ4v) is 2.82. The minimum atomic E-state index is -0.725. The summed E-state index contributed by atoms with van der Waals surface area (Å²) in [6.07, 6.45) is -0.922. The Kier molecular flexibility index (Phi) is 9.60. The molecule has 0 heterocycles. The average Bonchev–Trinajstić information content (AvgIpc) is 2.60. The van der Waals surface area contributed by atoms with Crippen molar-refractivity contribution in [2.24, 2.45) is 5.92 Å². The second-order valence-corrected chi connectivity index (χ2v) is 5.89. The first-order valence-electron chi connectivity index (χ1n) is 8.41. The maximum atomic E-state index is 12.2. The van der Waals surface area contributed by atoms with E-state index in [1.165, 1.54) is 14.2 Å². The predicted octanol–water partition coefficient (Wildman–Crippen LogP) is 3.04. The van der Waals surface area contributed by atoms with Gasteiger partial charge in [-0.3, -0.25) is 0 Å². The van der Waals surface area contributed by atoms with Gasteiger partial charge in [-0.15, -0.1) is 0 Å². The third kappa shape index (κ3) is 5.89. The minimum absolute atomic E-state index is 0.194. The van der Waals surface area contributed by atoms with Crippen LogP contribution >= 0.6 is 0 Å². The van der Waals surface area contributed by atoms with Crippen molar-refractivity contribution in [2.45, 2.75) is 38.9 Å². The van der Waals surface area contributed by atoms with Crippen LogP contribution in [-0.2, 0) is 23.7 Å². The zero-order chi connectivity index (χ0) is 17.9. The van der Waals surface area contributed by atoms with Crippen molar-refractivity contribution in [3.63, 3.8) is 0 Å². The van der Waals surface area contributed by atoms with Crippen molar-refractivity contribution >= 4 is 5.97 Å². The Bertz CT molecular complexity index is 460. The molecule has 0 amide bonds. The molecule has 0 aliphatic carbocycles. The van der Waals surface area contributed by atoms with E-state index in [0.29, 0.717) is 19.8 Å². The summed E-state index contributed by atoms with van der Waals surface area (Å²) >= 11 is 0. The lowest BCUT2D eigenvalue weighted by molar-refractivity contribution is -0.158. The first-order chi connectivity index (χ1) is 11.6. The summed E-state index contributed by atoms with van der Waals surface area (Å²) in [6.45, 7) is 7.75. The van der Waals surface area contributed by atoms with E-state index in [0.717, 1.165) is 5.56 Å². The Morgan fingerprint density at radius 2 is 1.75 bits per heavy atom. The number of carbonyl (C=O) groups excluding carboxylic acids is 1. The lowest BCUT2D eigenvalue weighted by atomic mass is 9.83. The summed E-state index contributed by atoms with van der Waals surface area (Å²) in [5, 5.41) is 0. The number of methoxy groups -OCH3 is 2. The van der Waals surface area contributed by atoms with Crippen LogP contribution in [0, 0.1) is 5.92 Å². The fourth-order valence-electron chi connectivity index (χ4n) is 2.82. The van der Waals surface area contributed by atoms with E-state index in [1.807, 2.05) is 37.3 Å². The normalized spacial score (nSPS) is 15.1. The minimum Gasteiger partial charge on any atom is -0.467 e. The quantitative estimate of drug-likeness (QED) is 0.458. The number of carbonyl (C=O) groups is 1. The van der Waals surface area contributed by atoms with Gasteiger partial charge in [0.25, 0.3) is 0 Å². The Balaban J connectivity index is 3.09. The molecule has 0 saturated heterocycles. The molecular formula is C19H30O5. The van der Waals surface area contributed by atoms with E-state index in [4.69, 9.17) is 18.9 Å². The Hall–Kier alpha value is -1.43. The molecule has 3 atom stereocenters. The molecule has 1 aromatic carbocycles. The van der Waals surface area contributed by atoms with Crippen LogP contribution < -0.4 is 0 Å². The molecule has 136 valence electrons. The molecule has 0 saturated carbocycles. The second kappa shape index (κ2) is 11.2. The highest BCUT2D eigenvalue weighted by molar-refractivity contribution is 5.76. The van der Waals surface area contributed by atoms with Gasteiger partial charge in [0.1, 0.15) is 0 Å². The first-order valence-corrected chi connectivity index (χ1v) is 8.41. The molecule has 0 radical (unpaired) electrons. The van der Waals surface area contributed by atoms with Gasteiger partial charge in [-0.1, -0.05) is 44.2 Å². The highest BCUT2D eigenvalue weighted by Gasteiger charge is 2.38. The van der Waals surface area contributed by atoms with Crippen molar-refractivity contribution in [3.8, 4) is 0 Å². The van der Waals surface area contributed by atoms with Crippen LogP contribution in [0.15, 0.2) is 30.3 Å². The number of benzene rings is 1. The number of esters is 1. The summed E-state index contributed by atoms with van der Waals surface area (Å²) in [7, 11) is 2.89. The van der Waals surface area contributed by atoms with E-state index in [2.05, 4.69) is 13.8 Å². The molecule has 0 bridgehead atoms. The van der Waals surface area contributed by atoms with Crippen LogP contribution in [0.25, 0.3) is 0 Å². The van der Waals surface area contributed by atoms with Crippen LogP contribution in [0.3, 0.4) is 0 Å². The molecular weight excluding hydrogens is 308 g/mol. The second-order valence-electron chi connectivity index (χ2n) is 5.89. The Labute approximate surface area is 145 Å². The van der Waals surface area contributed by atoms with E-state index in [1.54, 1.807) is 0 Å². The maximum Gasteiger partial charge on any atom is 0.335 e. The maximum absolute atomic E-state index is 12.2. The van der Waals surface area contributed by atoms with Gasteiger partial charge < -0.3 is 18.9 Å². The number of rotatable bonds is 11. The molecule has 24 heavy (non-hydrogen) atoms. The highest BCUT2D eigenvalue weighted by Crippen LogP contribution is 2.32. The van der Waals surface area contributed by atoms with Crippen LogP contribution in [0.1, 0.15) is 32.3 Å². The van der Waals surface area contributed by atoms with Gasteiger partial charge in [0.2, 0.25) is 0 Å². The monoisotopic (exact) mass is 338 g/mol. The summed E-state index contributed by atoms with van der Waals surface area (Å²) < 4.78 is 21.9. The van der Waals surface area contributed by atoms with Crippen LogP contribution in [0.4, 0.5) is 0 Å². The molecule has 1 rings (SSSR count). The fraction of sp³-hybridized carbons (Fsp3) is 0.632. The van der Waals surface area contributed by atoms with E-state index in [9.17, 15) is 4.79 Å². The van der Waals surface area contributed by atoms with Crippen molar-refractivity contribution < 1.29 is 23.7 Å². The molecule has 0 aliphatic heterocycles. The molecule has 3 unspecified atom stereocenters. The number of hydrogen-bond donors (Lipinski definition) is 0. The molecule has 5 heteroatoms. The zero-order valence-electron chi connectivity index (χ0n) is 15.4. The van der Waals surface area contributed by atoms with E-state index in [-0.39, 0.29) is 17.9 Å². The SMILES string of the molecule is CCOCCOC(C(C)C)C(c1ccccc1)C(OC)C(=O)OC. The smallest absolute Gasteiger partial charge is 0.335 e. The number of hydrogen-bond acceptors (Lipinski definition) is 5. The third-order valence-corrected chi connectivity index (χ3v) is 3.95. The molecule has 1 aromatic rings. The zero-order valence-corrected chi connectivity index (χ0v) is 15.4. The van der Waals surface area contributed by atoms with Gasteiger partial charge in [-0.05, 0) is 18.4 Å². The first kappa shape index (κ1) is 20.6. The van der Waals surface area contributed by atoms with Crippen molar-refractivity contribution in [1.29, 1.82) is 0 Å². The van der Waals surface area contributed by atoms with E-state index >= 15 is 0 Å². The van der Waals surface area contributed by atoms with Crippen molar-refractivity contribution in [2.75, 3.05) is 34.0 Å². The van der Waals surface area contributed by atoms with Gasteiger partial charge in [0.15, 0.2) is 6.10 Å². The van der Waals surface area contributed by atoms with Gasteiger partial charge in [-0.25, -0.2) is 4.79 Å². The molecule has 0 spiro atoms. The standard InChI is InChI=1S/C19H30O5/c1-6-23-12-13-24-17(14(2)3)16(15-10-8-7-9-11-15)18(21-4)19(20)22-5/h7-11,14,16-18H,6,12-13H2,1-5H3. The molecule has 0 fully saturated rings. The topological polar surface area (TPSA) is 54.0 Å². The van der Waals surface area contributed by atoms with Crippen LogP contribution in [-0.4, -0.2) is 52.2 Å².